The number of hydrogen-bond acceptors (Lipinski definition) is 3. The number of nitrogens with zero attached hydrogens (tertiary/aromatic N) is 2. The third kappa shape index (κ3) is 2.73. The maximum atomic E-state index is 12.7. The Bertz CT molecular complexity index is 432. The highest BCUT2D eigenvalue weighted by Gasteiger charge is 1.98. The van der Waals surface area contributed by atoms with Gasteiger partial charge >= 0.3 is 0 Å². The van der Waals surface area contributed by atoms with Crippen LogP contribution in [-0.4, -0.2) is 9.97 Å². The molecule has 0 spiro atoms. The minimum Gasteiger partial charge on any atom is -0.340 e. The predicted molar refractivity (Wildman–Crippen MR) is 59.4 cm³/mol. The Morgan fingerprint density at radius 2 is 2.07 bits per heavy atom. The summed E-state index contributed by atoms with van der Waals surface area (Å²) in [5.41, 5.74) is 0.836. The molecule has 0 aliphatic rings. The van der Waals surface area contributed by atoms with Gasteiger partial charge in [-0.2, -0.15) is 4.39 Å². The number of benzene rings is 1. The van der Waals surface area contributed by atoms with Gasteiger partial charge in [0, 0.05) is 16.2 Å². The van der Waals surface area contributed by atoms with Gasteiger partial charge in [0.05, 0.1) is 0 Å². The second-order valence-corrected chi connectivity index (χ2v) is 3.78. The molecule has 2 rings (SSSR count). The van der Waals surface area contributed by atoms with Gasteiger partial charge in [-0.05, 0) is 18.2 Å². The van der Waals surface area contributed by atoms with E-state index in [1.54, 1.807) is 0 Å². The van der Waals surface area contributed by atoms with Crippen molar-refractivity contribution in [3.05, 3.63) is 47.1 Å². The lowest BCUT2D eigenvalue weighted by Crippen LogP contribution is -1.95. The molecule has 0 aliphatic carbocycles. The lowest BCUT2D eigenvalue weighted by molar-refractivity contribution is 0.580. The fourth-order valence-corrected chi connectivity index (χ4v) is 1.52. The topological polar surface area (TPSA) is 37.8 Å². The number of hydrogen-bond donors (Lipinski definition) is 1. The first-order chi connectivity index (χ1) is 7.24. The van der Waals surface area contributed by atoms with Crippen LogP contribution in [-0.2, 0) is 0 Å². The van der Waals surface area contributed by atoms with Crippen molar-refractivity contribution in [3.63, 3.8) is 0 Å². The van der Waals surface area contributed by atoms with Gasteiger partial charge in [0.2, 0.25) is 5.95 Å². The first kappa shape index (κ1) is 10.0. The van der Waals surface area contributed by atoms with Gasteiger partial charge in [-0.15, -0.1) is 0 Å². The number of halogens is 2. The summed E-state index contributed by atoms with van der Waals surface area (Å²) in [6.45, 7) is 0. The average Bonchev–Trinajstić information content (AvgIpc) is 2.17. The fraction of sp³-hybridized carbons (Fsp3) is 0. The van der Waals surface area contributed by atoms with E-state index in [0.29, 0.717) is 5.82 Å². The molecule has 0 atom stereocenters. The standard InChI is InChI=1S/C10H7BrFN3/c11-7-2-1-3-8(4-7)15-10-5-9(12)13-6-14-10/h1-6H,(H,13,14,15). The van der Waals surface area contributed by atoms with E-state index >= 15 is 0 Å². The Morgan fingerprint density at radius 3 is 2.80 bits per heavy atom. The summed E-state index contributed by atoms with van der Waals surface area (Å²) in [7, 11) is 0. The SMILES string of the molecule is Fc1cc(Nc2cccc(Br)c2)ncn1. The van der Waals surface area contributed by atoms with Crippen molar-refractivity contribution in [1.29, 1.82) is 0 Å². The molecular formula is C10H7BrFN3. The molecule has 1 aromatic heterocycles. The van der Waals surface area contributed by atoms with Gasteiger partial charge in [-0.1, -0.05) is 22.0 Å². The van der Waals surface area contributed by atoms with E-state index in [0.717, 1.165) is 10.2 Å². The van der Waals surface area contributed by atoms with Crippen molar-refractivity contribution in [1.82, 2.24) is 9.97 Å². The van der Waals surface area contributed by atoms with Crippen LogP contribution in [0.15, 0.2) is 41.1 Å². The van der Waals surface area contributed by atoms with Crippen LogP contribution in [0.1, 0.15) is 0 Å². The third-order valence-electron chi connectivity index (χ3n) is 1.73. The van der Waals surface area contributed by atoms with Gasteiger partial charge in [0.25, 0.3) is 0 Å². The van der Waals surface area contributed by atoms with E-state index in [1.165, 1.54) is 12.4 Å². The molecule has 0 bridgehead atoms. The molecule has 0 unspecified atom stereocenters. The Kier molecular flexibility index (Phi) is 2.91. The summed E-state index contributed by atoms with van der Waals surface area (Å²) in [5, 5.41) is 2.96. The molecule has 0 saturated carbocycles. The molecule has 1 aromatic carbocycles. The van der Waals surface area contributed by atoms with Crippen molar-refractivity contribution in [2.45, 2.75) is 0 Å². The maximum absolute atomic E-state index is 12.7. The van der Waals surface area contributed by atoms with Gasteiger partial charge in [-0.25, -0.2) is 9.97 Å². The highest BCUT2D eigenvalue weighted by Crippen LogP contribution is 2.18. The van der Waals surface area contributed by atoms with Crippen LogP contribution in [0.25, 0.3) is 0 Å². The van der Waals surface area contributed by atoms with Crippen molar-refractivity contribution >= 4 is 27.4 Å². The zero-order valence-corrected chi connectivity index (χ0v) is 9.20. The van der Waals surface area contributed by atoms with E-state index in [9.17, 15) is 4.39 Å². The van der Waals surface area contributed by atoms with Gasteiger partial charge in [-0.3, -0.25) is 0 Å². The summed E-state index contributed by atoms with van der Waals surface area (Å²) >= 11 is 3.34. The molecule has 2 aromatic rings. The molecule has 0 radical (unpaired) electrons. The van der Waals surface area contributed by atoms with Crippen molar-refractivity contribution in [2.75, 3.05) is 5.32 Å². The smallest absolute Gasteiger partial charge is 0.218 e. The summed E-state index contributed by atoms with van der Waals surface area (Å²) < 4.78 is 13.7. The van der Waals surface area contributed by atoms with E-state index in [2.05, 4.69) is 31.2 Å². The molecule has 0 amide bonds. The second kappa shape index (κ2) is 4.35. The zero-order valence-electron chi connectivity index (χ0n) is 7.61. The van der Waals surface area contributed by atoms with Gasteiger partial charge in [0.15, 0.2) is 0 Å². The van der Waals surface area contributed by atoms with Crippen LogP contribution >= 0.6 is 15.9 Å². The largest absolute Gasteiger partial charge is 0.340 e. The lowest BCUT2D eigenvalue weighted by Gasteiger charge is -2.04. The lowest BCUT2D eigenvalue weighted by atomic mass is 10.3. The summed E-state index contributed by atoms with van der Waals surface area (Å²) in [5.74, 6) is -0.122. The Hall–Kier alpha value is -1.49. The molecular weight excluding hydrogens is 261 g/mol. The molecule has 1 N–H and O–H groups in total. The number of rotatable bonds is 2. The quantitative estimate of drug-likeness (QED) is 0.850. The fourth-order valence-electron chi connectivity index (χ4n) is 1.12. The van der Waals surface area contributed by atoms with Crippen LogP contribution in [0, 0.1) is 5.95 Å². The minimum atomic E-state index is -0.553. The average molecular weight is 268 g/mol. The van der Waals surface area contributed by atoms with E-state index < -0.39 is 5.95 Å². The van der Waals surface area contributed by atoms with Crippen molar-refractivity contribution in [2.24, 2.45) is 0 Å². The van der Waals surface area contributed by atoms with Crippen LogP contribution in [0.3, 0.4) is 0 Å². The minimum absolute atomic E-state index is 0.431. The molecule has 76 valence electrons. The van der Waals surface area contributed by atoms with E-state index in [1.807, 2.05) is 24.3 Å². The van der Waals surface area contributed by atoms with Crippen LogP contribution in [0.5, 0.6) is 0 Å². The molecule has 3 nitrogen and oxygen atoms in total. The normalized spacial score (nSPS) is 10.0. The van der Waals surface area contributed by atoms with Crippen molar-refractivity contribution in [3.8, 4) is 0 Å². The predicted octanol–water partition coefficient (Wildman–Crippen LogP) is 3.12. The van der Waals surface area contributed by atoms with E-state index in [-0.39, 0.29) is 0 Å². The summed E-state index contributed by atoms with van der Waals surface area (Å²) in [4.78, 5) is 7.26. The monoisotopic (exact) mass is 267 g/mol. The summed E-state index contributed by atoms with van der Waals surface area (Å²) in [6.07, 6.45) is 1.18. The summed E-state index contributed by atoms with van der Waals surface area (Å²) in [6, 6.07) is 8.77. The third-order valence-corrected chi connectivity index (χ3v) is 2.22. The molecule has 0 aliphatic heterocycles. The molecule has 0 fully saturated rings. The Morgan fingerprint density at radius 1 is 1.20 bits per heavy atom. The zero-order chi connectivity index (χ0) is 10.7. The first-order valence-electron chi connectivity index (χ1n) is 4.24. The number of aromatic nitrogens is 2. The number of anilines is 2. The second-order valence-electron chi connectivity index (χ2n) is 2.86. The Labute approximate surface area is 94.5 Å². The van der Waals surface area contributed by atoms with Crippen LogP contribution in [0.2, 0.25) is 0 Å². The maximum Gasteiger partial charge on any atom is 0.218 e. The van der Waals surface area contributed by atoms with Gasteiger partial charge in [0.1, 0.15) is 12.1 Å². The molecule has 15 heavy (non-hydrogen) atoms. The highest BCUT2D eigenvalue weighted by atomic mass is 79.9. The first-order valence-corrected chi connectivity index (χ1v) is 5.03. The van der Waals surface area contributed by atoms with Crippen molar-refractivity contribution < 1.29 is 4.39 Å². The van der Waals surface area contributed by atoms with E-state index in [4.69, 9.17) is 0 Å². The highest BCUT2D eigenvalue weighted by molar-refractivity contribution is 9.10. The number of nitrogens with one attached hydrogen (secondary N) is 1. The molecule has 1 heterocycles. The molecule has 0 saturated heterocycles. The molecule has 5 heteroatoms. The Balaban J connectivity index is 2.22. The van der Waals surface area contributed by atoms with Gasteiger partial charge < -0.3 is 5.32 Å². The van der Waals surface area contributed by atoms with Crippen LogP contribution < -0.4 is 5.32 Å². The van der Waals surface area contributed by atoms with Crippen LogP contribution in [0.4, 0.5) is 15.9 Å².